The van der Waals surface area contributed by atoms with Gasteiger partial charge in [-0.2, -0.15) is 0 Å². The molecule has 19 heavy (non-hydrogen) atoms. The molecule has 0 amide bonds. The summed E-state index contributed by atoms with van der Waals surface area (Å²) in [7, 11) is 0. The van der Waals surface area contributed by atoms with Gasteiger partial charge in [0.2, 0.25) is 0 Å². The van der Waals surface area contributed by atoms with Gasteiger partial charge in [0.05, 0.1) is 38.1 Å². The maximum Gasteiger partial charge on any atom is 0.0841 e. The maximum atomic E-state index is 5.28. The van der Waals surface area contributed by atoms with Crippen molar-refractivity contribution >= 4 is 0 Å². The van der Waals surface area contributed by atoms with Gasteiger partial charge in [-0.1, -0.05) is 40.5 Å². The summed E-state index contributed by atoms with van der Waals surface area (Å²) >= 11 is 0. The van der Waals surface area contributed by atoms with Crippen molar-refractivity contribution in [3.05, 3.63) is 0 Å². The Morgan fingerprint density at radius 2 is 1.32 bits per heavy atom. The number of hydrogen-bond donors (Lipinski definition) is 0. The molecular formula is C16H32O3. The quantitative estimate of drug-likeness (QED) is 0.629. The van der Waals surface area contributed by atoms with Crippen LogP contribution in [0.4, 0.5) is 0 Å². The summed E-state index contributed by atoms with van der Waals surface area (Å²) in [4.78, 5) is 0. The standard InChI is InChI=1S/C6H10O.C5H10O.C3H6O.C2H6/c1-2-4-6-5(3-1)7-6;1-5(2)3-6-4-5;1-3-2-4-3;1-2/h5-6H,1-4H2;3-4H2,1-2H3;3H,2H2,1H3;1-2H3. The van der Waals surface area contributed by atoms with Crippen LogP contribution in [0.25, 0.3) is 0 Å². The molecular weight excluding hydrogens is 240 g/mol. The highest BCUT2D eigenvalue weighted by atomic mass is 16.6. The smallest absolute Gasteiger partial charge is 0.0841 e. The molecule has 4 fully saturated rings. The van der Waals surface area contributed by atoms with E-state index in [1.807, 2.05) is 13.8 Å². The molecule has 1 saturated carbocycles. The van der Waals surface area contributed by atoms with E-state index in [1.165, 1.54) is 25.7 Å². The number of hydrogen-bond acceptors (Lipinski definition) is 3. The molecule has 0 aromatic carbocycles. The van der Waals surface area contributed by atoms with Crippen molar-refractivity contribution < 1.29 is 14.2 Å². The zero-order valence-electron chi connectivity index (χ0n) is 13.4. The normalized spacial score (nSPS) is 35.5. The molecule has 3 heteroatoms. The summed E-state index contributed by atoms with van der Waals surface area (Å²) in [5.41, 5.74) is 0.500. The largest absolute Gasteiger partial charge is 0.380 e. The summed E-state index contributed by atoms with van der Waals surface area (Å²) in [6.07, 6.45) is 7.47. The Labute approximate surface area is 119 Å². The van der Waals surface area contributed by atoms with Gasteiger partial charge < -0.3 is 14.2 Å². The highest BCUT2D eigenvalue weighted by molar-refractivity contribution is 4.87. The van der Waals surface area contributed by atoms with E-state index in [1.54, 1.807) is 0 Å². The Bertz CT molecular complexity index is 220. The van der Waals surface area contributed by atoms with E-state index >= 15 is 0 Å². The van der Waals surface area contributed by atoms with Gasteiger partial charge in [-0.25, -0.2) is 0 Å². The van der Waals surface area contributed by atoms with Gasteiger partial charge in [0, 0.05) is 5.41 Å². The first-order valence-electron chi connectivity index (χ1n) is 7.92. The lowest BCUT2D eigenvalue weighted by atomic mass is 9.92. The topological polar surface area (TPSA) is 34.3 Å². The van der Waals surface area contributed by atoms with Crippen molar-refractivity contribution in [3.8, 4) is 0 Å². The zero-order valence-corrected chi connectivity index (χ0v) is 13.4. The third-order valence-electron chi connectivity index (χ3n) is 3.40. The second-order valence-corrected chi connectivity index (χ2v) is 6.30. The van der Waals surface area contributed by atoms with E-state index in [9.17, 15) is 0 Å². The summed E-state index contributed by atoms with van der Waals surface area (Å²) in [5.74, 6) is 0. The van der Waals surface area contributed by atoms with Crippen molar-refractivity contribution in [2.24, 2.45) is 5.41 Å². The van der Waals surface area contributed by atoms with Gasteiger partial charge in [0.25, 0.3) is 0 Å². The highest BCUT2D eigenvalue weighted by Crippen LogP contribution is 2.35. The van der Waals surface area contributed by atoms with Crippen LogP contribution < -0.4 is 0 Å². The van der Waals surface area contributed by atoms with Gasteiger partial charge in [-0.05, 0) is 19.8 Å². The lowest BCUT2D eigenvalue weighted by molar-refractivity contribution is -0.0892. The molecule has 4 aliphatic rings. The lowest BCUT2D eigenvalue weighted by Crippen LogP contribution is -2.36. The van der Waals surface area contributed by atoms with Gasteiger partial charge in [-0.3, -0.25) is 0 Å². The van der Waals surface area contributed by atoms with Crippen LogP contribution in [0.5, 0.6) is 0 Å². The van der Waals surface area contributed by atoms with Crippen molar-refractivity contribution in [1.82, 2.24) is 0 Å². The average molecular weight is 272 g/mol. The molecule has 3 saturated heterocycles. The van der Waals surface area contributed by atoms with Crippen molar-refractivity contribution in [3.63, 3.8) is 0 Å². The van der Waals surface area contributed by atoms with E-state index < -0.39 is 0 Å². The van der Waals surface area contributed by atoms with Crippen molar-refractivity contribution in [2.75, 3.05) is 19.8 Å². The summed E-state index contributed by atoms with van der Waals surface area (Å²) in [5, 5.41) is 0. The Balaban J connectivity index is 0.000000138. The van der Waals surface area contributed by atoms with Crippen LogP contribution in [0.1, 0.15) is 60.3 Å². The SMILES string of the molecule is C1CCC2OC2C1.CC.CC1(C)COC1.CC1CO1. The third kappa shape index (κ3) is 7.91. The third-order valence-corrected chi connectivity index (χ3v) is 3.40. The number of ether oxygens (including phenoxy) is 3. The predicted molar refractivity (Wildman–Crippen MR) is 78.5 cm³/mol. The highest BCUT2D eigenvalue weighted by Gasteiger charge is 2.39. The molecule has 0 radical (unpaired) electrons. The molecule has 0 bridgehead atoms. The Morgan fingerprint density at radius 3 is 1.47 bits per heavy atom. The van der Waals surface area contributed by atoms with E-state index in [4.69, 9.17) is 14.2 Å². The van der Waals surface area contributed by atoms with Gasteiger partial charge in [0.1, 0.15) is 0 Å². The number of fused-ring (bicyclic) bond motifs is 1. The fraction of sp³-hybridized carbons (Fsp3) is 1.00. The van der Waals surface area contributed by atoms with E-state index in [0.717, 1.165) is 19.8 Å². The fourth-order valence-electron chi connectivity index (χ4n) is 1.98. The van der Waals surface area contributed by atoms with Gasteiger partial charge in [-0.15, -0.1) is 0 Å². The molecule has 3 nitrogen and oxygen atoms in total. The minimum absolute atomic E-state index is 0.500. The van der Waals surface area contributed by atoms with Crippen molar-refractivity contribution in [1.29, 1.82) is 0 Å². The molecule has 3 heterocycles. The summed E-state index contributed by atoms with van der Waals surface area (Å²) in [6.45, 7) is 13.4. The molecule has 3 aliphatic heterocycles. The molecule has 0 aromatic heterocycles. The Morgan fingerprint density at radius 1 is 0.947 bits per heavy atom. The second-order valence-electron chi connectivity index (χ2n) is 6.30. The molecule has 0 spiro atoms. The molecule has 1 aliphatic carbocycles. The van der Waals surface area contributed by atoms with Gasteiger partial charge in [0.15, 0.2) is 0 Å². The van der Waals surface area contributed by atoms with E-state index in [2.05, 4.69) is 20.8 Å². The van der Waals surface area contributed by atoms with Crippen LogP contribution in [0, 0.1) is 5.41 Å². The first kappa shape index (κ1) is 16.9. The molecule has 3 atom stereocenters. The summed E-state index contributed by atoms with van der Waals surface area (Å²) in [6, 6.07) is 0. The molecule has 0 aromatic rings. The van der Waals surface area contributed by atoms with Crippen LogP contribution in [0.2, 0.25) is 0 Å². The van der Waals surface area contributed by atoms with Crippen LogP contribution in [-0.2, 0) is 14.2 Å². The van der Waals surface area contributed by atoms with E-state index in [-0.39, 0.29) is 0 Å². The predicted octanol–water partition coefficient (Wildman–Crippen LogP) is 3.80. The Kier molecular flexibility index (Phi) is 7.33. The van der Waals surface area contributed by atoms with Crippen molar-refractivity contribution in [2.45, 2.75) is 78.6 Å². The average Bonchev–Trinajstić information content (AvgIpc) is 3.27. The first-order valence-corrected chi connectivity index (χ1v) is 7.92. The van der Waals surface area contributed by atoms with Crippen LogP contribution >= 0.6 is 0 Å². The fourth-order valence-corrected chi connectivity index (χ4v) is 1.98. The number of rotatable bonds is 0. The second kappa shape index (κ2) is 8.23. The maximum absolute atomic E-state index is 5.28. The lowest BCUT2D eigenvalue weighted by Gasteiger charge is -2.33. The molecule has 114 valence electrons. The minimum atomic E-state index is 0.500. The molecule has 4 rings (SSSR count). The molecule has 3 unspecified atom stereocenters. The summed E-state index contributed by atoms with van der Waals surface area (Å²) < 4.78 is 14.9. The molecule has 0 N–H and O–H groups in total. The zero-order chi connectivity index (χ0) is 14.3. The van der Waals surface area contributed by atoms with E-state index in [0.29, 0.717) is 23.7 Å². The number of epoxide rings is 2. The van der Waals surface area contributed by atoms with Crippen LogP contribution in [0.15, 0.2) is 0 Å². The monoisotopic (exact) mass is 272 g/mol. The van der Waals surface area contributed by atoms with Crippen LogP contribution in [0.3, 0.4) is 0 Å². The van der Waals surface area contributed by atoms with Gasteiger partial charge >= 0.3 is 0 Å². The first-order chi connectivity index (χ1) is 9.07. The van der Waals surface area contributed by atoms with Crippen LogP contribution in [-0.4, -0.2) is 38.1 Å². The minimum Gasteiger partial charge on any atom is -0.380 e. The Hall–Kier alpha value is -0.120.